The maximum absolute atomic E-state index is 11.8. The van der Waals surface area contributed by atoms with Gasteiger partial charge in [-0.2, -0.15) is 0 Å². The Morgan fingerprint density at radius 2 is 0.816 bits per heavy atom. The van der Waals surface area contributed by atoms with E-state index >= 15 is 0 Å². The highest BCUT2D eigenvalue weighted by Crippen LogP contribution is 2.27. The SMILES string of the molecule is CCCCCCCCCCC/C=C/CCCCCCCCC[N+](C(C)C(=O)O)(C(C)C(=O)O)C(C)C(=O)O. The lowest BCUT2D eigenvalue weighted by Gasteiger charge is -2.47. The molecule has 222 valence electrons. The fourth-order valence-electron chi connectivity index (χ4n) is 5.54. The van der Waals surface area contributed by atoms with Gasteiger partial charge in [-0.1, -0.05) is 96.1 Å². The molecule has 0 aromatic rings. The zero-order chi connectivity index (χ0) is 28.8. The first-order chi connectivity index (χ1) is 18.1. The number of unbranched alkanes of at least 4 members (excludes halogenated alkanes) is 16. The van der Waals surface area contributed by atoms with Crippen molar-refractivity contribution in [2.45, 2.75) is 161 Å². The van der Waals surface area contributed by atoms with Crippen LogP contribution in [-0.4, -0.2) is 62.4 Å². The Morgan fingerprint density at radius 1 is 0.526 bits per heavy atom. The van der Waals surface area contributed by atoms with Gasteiger partial charge in [-0.3, -0.25) is 4.48 Å². The largest absolute Gasteiger partial charge is 0.477 e. The molecule has 0 bridgehead atoms. The quantitative estimate of drug-likeness (QED) is 0.0586. The first-order valence-corrected chi connectivity index (χ1v) is 15.3. The fourth-order valence-corrected chi connectivity index (χ4v) is 5.54. The van der Waals surface area contributed by atoms with Crippen molar-refractivity contribution < 1.29 is 34.2 Å². The third-order valence-corrected chi connectivity index (χ3v) is 8.29. The van der Waals surface area contributed by atoms with Gasteiger partial charge >= 0.3 is 17.9 Å². The normalized spacial score (nSPS) is 15.7. The van der Waals surface area contributed by atoms with Gasteiger partial charge in [0.15, 0.2) is 18.1 Å². The molecule has 0 heterocycles. The molecule has 0 spiro atoms. The summed E-state index contributed by atoms with van der Waals surface area (Å²) in [5.41, 5.74) is 0. The molecule has 38 heavy (non-hydrogen) atoms. The lowest BCUT2D eigenvalue weighted by Crippen LogP contribution is -2.70. The van der Waals surface area contributed by atoms with E-state index < -0.39 is 40.5 Å². The molecule has 0 saturated heterocycles. The van der Waals surface area contributed by atoms with Gasteiger partial charge in [0.25, 0.3) is 0 Å². The van der Waals surface area contributed by atoms with E-state index in [0.717, 1.165) is 32.1 Å². The molecule has 0 saturated carbocycles. The van der Waals surface area contributed by atoms with Gasteiger partial charge in [-0.25, -0.2) is 14.4 Å². The van der Waals surface area contributed by atoms with Crippen LogP contribution in [0.5, 0.6) is 0 Å². The first kappa shape index (κ1) is 36.1. The van der Waals surface area contributed by atoms with Crippen LogP contribution in [0.15, 0.2) is 12.2 Å². The van der Waals surface area contributed by atoms with Crippen LogP contribution in [0.1, 0.15) is 143 Å². The first-order valence-electron chi connectivity index (χ1n) is 15.3. The fraction of sp³-hybridized carbons (Fsp3) is 0.839. The number of carboxylic acids is 3. The molecule has 3 N–H and O–H groups in total. The molecule has 0 aliphatic rings. The van der Waals surface area contributed by atoms with Gasteiger partial charge in [-0.15, -0.1) is 0 Å². The molecule has 0 radical (unpaired) electrons. The number of aliphatic carboxylic acids is 3. The number of quaternary nitrogens is 1. The smallest absolute Gasteiger partial charge is 0.362 e. The summed E-state index contributed by atoms with van der Waals surface area (Å²) in [6.07, 6.45) is 26.3. The van der Waals surface area contributed by atoms with E-state index in [0.29, 0.717) is 6.42 Å². The number of nitrogens with zero attached hydrogens (tertiary/aromatic N) is 1. The summed E-state index contributed by atoms with van der Waals surface area (Å²) in [7, 11) is 0. The van der Waals surface area contributed by atoms with Gasteiger partial charge < -0.3 is 15.3 Å². The van der Waals surface area contributed by atoms with Crippen LogP contribution in [0, 0.1) is 0 Å². The highest BCUT2D eigenvalue weighted by atomic mass is 16.4. The van der Waals surface area contributed by atoms with Crippen molar-refractivity contribution in [3.8, 4) is 0 Å². The van der Waals surface area contributed by atoms with Crippen molar-refractivity contribution in [2.75, 3.05) is 6.54 Å². The minimum atomic E-state index is -1.17. The van der Waals surface area contributed by atoms with Crippen molar-refractivity contribution in [1.29, 1.82) is 0 Å². The minimum absolute atomic E-state index is 0.220. The van der Waals surface area contributed by atoms with E-state index in [1.165, 1.54) is 97.8 Å². The van der Waals surface area contributed by atoms with E-state index in [9.17, 15) is 29.7 Å². The monoisotopic (exact) mass is 540 g/mol. The molecule has 0 aliphatic carbocycles. The van der Waals surface area contributed by atoms with Crippen LogP contribution >= 0.6 is 0 Å². The molecule has 0 rings (SSSR count). The average Bonchev–Trinajstić information content (AvgIpc) is 2.88. The Bertz CT molecular complexity index is 627. The van der Waals surface area contributed by atoms with Crippen molar-refractivity contribution in [3.63, 3.8) is 0 Å². The molecule has 7 nitrogen and oxygen atoms in total. The Balaban J connectivity index is 4.12. The van der Waals surface area contributed by atoms with E-state index in [-0.39, 0.29) is 6.54 Å². The second-order valence-electron chi connectivity index (χ2n) is 11.1. The highest BCUT2D eigenvalue weighted by molar-refractivity contribution is 5.77. The molecule has 0 fully saturated rings. The van der Waals surface area contributed by atoms with E-state index in [4.69, 9.17) is 0 Å². The standard InChI is InChI=1S/C31H57NO6/c1-5-6-7-8-9-10-11-12-13-14-15-16-17-18-19-20-21-22-23-24-25-32(26(2)29(33)34,27(3)30(35)36)28(4)31(37)38/h15-16,26-28H,5-14,17-25H2,1-4H3,(H2-,33,34,35,36,37,38)/p+1/b16-15+. The van der Waals surface area contributed by atoms with Crippen molar-refractivity contribution in [1.82, 2.24) is 0 Å². The van der Waals surface area contributed by atoms with E-state index in [2.05, 4.69) is 19.1 Å². The van der Waals surface area contributed by atoms with Crippen molar-refractivity contribution in [3.05, 3.63) is 12.2 Å². The van der Waals surface area contributed by atoms with Crippen LogP contribution in [0.4, 0.5) is 0 Å². The number of carboxylic acid groups (broad SMARTS) is 3. The zero-order valence-corrected chi connectivity index (χ0v) is 24.8. The topological polar surface area (TPSA) is 112 Å². The minimum Gasteiger partial charge on any atom is -0.477 e. The summed E-state index contributed by atoms with van der Waals surface area (Å²) in [5, 5.41) is 28.9. The summed E-state index contributed by atoms with van der Waals surface area (Å²) in [6.45, 7) is 6.75. The molecule has 0 aromatic heterocycles. The van der Waals surface area contributed by atoms with Crippen LogP contribution in [0.25, 0.3) is 0 Å². The second-order valence-corrected chi connectivity index (χ2v) is 11.1. The van der Waals surface area contributed by atoms with Crippen molar-refractivity contribution >= 4 is 17.9 Å². The lowest BCUT2D eigenvalue weighted by molar-refractivity contribution is -0.968. The highest BCUT2D eigenvalue weighted by Gasteiger charge is 2.52. The third-order valence-electron chi connectivity index (χ3n) is 8.29. The molecule has 3 unspecified atom stereocenters. The van der Waals surface area contributed by atoms with Crippen LogP contribution in [0.2, 0.25) is 0 Å². The number of hydrogen-bond donors (Lipinski definition) is 3. The Kier molecular flexibility index (Phi) is 20.9. The van der Waals surface area contributed by atoms with Crippen LogP contribution < -0.4 is 0 Å². The summed E-state index contributed by atoms with van der Waals surface area (Å²) in [6, 6.07) is -3.37. The summed E-state index contributed by atoms with van der Waals surface area (Å²) < 4.78 is -0.481. The van der Waals surface area contributed by atoms with Gasteiger partial charge in [0, 0.05) is 0 Å². The van der Waals surface area contributed by atoms with E-state index in [1.807, 2.05) is 0 Å². The number of hydrogen-bond acceptors (Lipinski definition) is 3. The third kappa shape index (κ3) is 14.3. The molecule has 3 atom stereocenters. The molecule has 0 amide bonds. The number of allylic oxidation sites excluding steroid dienone is 2. The maximum Gasteiger partial charge on any atom is 0.362 e. The Labute approximate surface area is 232 Å². The van der Waals surface area contributed by atoms with Crippen molar-refractivity contribution in [2.24, 2.45) is 0 Å². The Hall–Kier alpha value is -1.89. The molecule has 0 aromatic carbocycles. The van der Waals surface area contributed by atoms with Gasteiger partial charge in [0.05, 0.1) is 6.54 Å². The lowest BCUT2D eigenvalue weighted by atomic mass is 10.00. The molecule has 7 heteroatoms. The molecule has 0 aliphatic heterocycles. The van der Waals surface area contributed by atoms with Crippen LogP contribution in [0.3, 0.4) is 0 Å². The molecular formula is C31H58NO6+. The maximum atomic E-state index is 11.8. The summed E-state index contributed by atoms with van der Waals surface area (Å²) in [5.74, 6) is -3.52. The zero-order valence-electron chi connectivity index (χ0n) is 24.8. The van der Waals surface area contributed by atoms with Gasteiger partial charge in [-0.05, 0) is 59.3 Å². The number of carbonyl (C=O) groups is 3. The summed E-state index contributed by atoms with van der Waals surface area (Å²) in [4.78, 5) is 35.4. The average molecular weight is 541 g/mol. The van der Waals surface area contributed by atoms with Gasteiger partial charge in [0.1, 0.15) is 0 Å². The second kappa shape index (κ2) is 22.0. The van der Waals surface area contributed by atoms with Gasteiger partial charge in [0.2, 0.25) is 0 Å². The van der Waals surface area contributed by atoms with Crippen LogP contribution in [-0.2, 0) is 14.4 Å². The van der Waals surface area contributed by atoms with E-state index in [1.54, 1.807) is 0 Å². The predicted octanol–water partition coefficient (Wildman–Crippen LogP) is 7.82. The molecular weight excluding hydrogens is 482 g/mol. The summed E-state index contributed by atoms with van der Waals surface area (Å²) >= 11 is 0. The predicted molar refractivity (Wildman–Crippen MR) is 154 cm³/mol. The Morgan fingerprint density at radius 3 is 1.13 bits per heavy atom. The number of rotatable bonds is 26.